The van der Waals surface area contributed by atoms with Crippen LogP contribution in [-0.2, 0) is 12.6 Å². The molecule has 1 aromatic heterocycles. The van der Waals surface area contributed by atoms with Gasteiger partial charge in [0, 0.05) is 11.1 Å². The number of benzene rings is 1. The fourth-order valence-corrected chi connectivity index (χ4v) is 1.89. The zero-order valence-corrected chi connectivity index (χ0v) is 10.8. The number of halogens is 4. The molecule has 6 heteroatoms. The first-order chi connectivity index (χ1) is 9.41. The molecule has 0 saturated heterocycles. The van der Waals surface area contributed by atoms with Gasteiger partial charge in [0.05, 0.1) is 23.7 Å². The Bertz CT molecular complexity index is 658. The minimum Gasteiger partial charge on any atom is -0.236 e. The van der Waals surface area contributed by atoms with Gasteiger partial charge in [0.1, 0.15) is 5.15 Å². The standard InChI is InChI=1S/C14H8ClF3N2/c15-13-10(7-8-19)3-6-12(20-13)9-1-4-11(5-2-9)14(16,17)18/h1-6H,7H2. The Balaban J connectivity index is 2.33. The Morgan fingerprint density at radius 2 is 1.75 bits per heavy atom. The molecule has 2 aromatic rings. The maximum Gasteiger partial charge on any atom is 0.416 e. The van der Waals surface area contributed by atoms with Crippen LogP contribution in [-0.4, -0.2) is 4.98 Å². The topological polar surface area (TPSA) is 36.7 Å². The molecule has 102 valence electrons. The first-order valence-corrected chi connectivity index (χ1v) is 5.99. The summed E-state index contributed by atoms with van der Waals surface area (Å²) in [4.78, 5) is 4.09. The van der Waals surface area contributed by atoms with Gasteiger partial charge in [-0.05, 0) is 18.2 Å². The SMILES string of the molecule is N#CCc1ccc(-c2ccc(C(F)(F)F)cc2)nc1Cl. The molecular weight excluding hydrogens is 289 g/mol. The first-order valence-electron chi connectivity index (χ1n) is 5.62. The summed E-state index contributed by atoms with van der Waals surface area (Å²) < 4.78 is 37.4. The number of alkyl halides is 3. The zero-order chi connectivity index (χ0) is 14.8. The van der Waals surface area contributed by atoms with Gasteiger partial charge in [-0.15, -0.1) is 0 Å². The number of nitrogens with zero attached hydrogens (tertiary/aromatic N) is 2. The van der Waals surface area contributed by atoms with Crippen LogP contribution in [0.3, 0.4) is 0 Å². The predicted molar refractivity (Wildman–Crippen MR) is 69.0 cm³/mol. The van der Waals surface area contributed by atoms with E-state index < -0.39 is 11.7 Å². The van der Waals surface area contributed by atoms with Crippen LogP contribution < -0.4 is 0 Å². The van der Waals surface area contributed by atoms with Crippen LogP contribution >= 0.6 is 11.6 Å². The number of hydrogen-bond acceptors (Lipinski definition) is 2. The molecule has 0 bridgehead atoms. The van der Waals surface area contributed by atoms with Crippen LogP contribution in [0.5, 0.6) is 0 Å². The van der Waals surface area contributed by atoms with Gasteiger partial charge in [-0.25, -0.2) is 4.98 Å². The quantitative estimate of drug-likeness (QED) is 0.766. The van der Waals surface area contributed by atoms with Gasteiger partial charge in [-0.1, -0.05) is 29.8 Å². The van der Waals surface area contributed by atoms with E-state index in [-0.39, 0.29) is 11.6 Å². The van der Waals surface area contributed by atoms with Crippen molar-refractivity contribution in [2.45, 2.75) is 12.6 Å². The summed E-state index contributed by atoms with van der Waals surface area (Å²) in [6, 6.07) is 9.90. The molecule has 1 heterocycles. The number of pyridine rings is 1. The van der Waals surface area contributed by atoms with Gasteiger partial charge >= 0.3 is 6.18 Å². The highest BCUT2D eigenvalue weighted by Crippen LogP contribution is 2.31. The van der Waals surface area contributed by atoms with E-state index in [2.05, 4.69) is 4.98 Å². The van der Waals surface area contributed by atoms with Crippen LogP contribution in [0.1, 0.15) is 11.1 Å². The van der Waals surface area contributed by atoms with Crippen molar-refractivity contribution in [3.8, 4) is 17.3 Å². The van der Waals surface area contributed by atoms with E-state index in [4.69, 9.17) is 16.9 Å². The third-order valence-electron chi connectivity index (χ3n) is 2.70. The number of rotatable bonds is 2. The van der Waals surface area contributed by atoms with Gasteiger partial charge in [-0.2, -0.15) is 18.4 Å². The molecule has 0 spiro atoms. The van der Waals surface area contributed by atoms with Crippen LogP contribution in [0.4, 0.5) is 13.2 Å². The fourth-order valence-electron chi connectivity index (χ4n) is 1.67. The molecule has 0 aliphatic heterocycles. The Kier molecular flexibility index (Phi) is 3.96. The normalized spacial score (nSPS) is 11.2. The van der Waals surface area contributed by atoms with Crippen molar-refractivity contribution in [1.29, 1.82) is 5.26 Å². The molecule has 0 fully saturated rings. The molecule has 20 heavy (non-hydrogen) atoms. The van der Waals surface area contributed by atoms with Crippen molar-refractivity contribution in [3.63, 3.8) is 0 Å². The Morgan fingerprint density at radius 3 is 2.25 bits per heavy atom. The first kappa shape index (κ1) is 14.4. The molecule has 2 rings (SSSR count). The van der Waals surface area contributed by atoms with E-state index in [1.165, 1.54) is 12.1 Å². The summed E-state index contributed by atoms with van der Waals surface area (Å²) in [7, 11) is 0. The molecule has 0 amide bonds. The summed E-state index contributed by atoms with van der Waals surface area (Å²) in [6.07, 6.45) is -4.22. The van der Waals surface area contributed by atoms with E-state index >= 15 is 0 Å². The molecule has 0 unspecified atom stereocenters. The fraction of sp³-hybridized carbons (Fsp3) is 0.143. The lowest BCUT2D eigenvalue weighted by Gasteiger charge is -2.08. The van der Waals surface area contributed by atoms with E-state index in [1.807, 2.05) is 6.07 Å². The molecule has 0 atom stereocenters. The van der Waals surface area contributed by atoms with E-state index in [1.54, 1.807) is 12.1 Å². The average Bonchev–Trinajstić information content (AvgIpc) is 2.40. The van der Waals surface area contributed by atoms with Gasteiger partial charge in [0.15, 0.2) is 0 Å². The molecule has 2 nitrogen and oxygen atoms in total. The Morgan fingerprint density at radius 1 is 1.10 bits per heavy atom. The van der Waals surface area contributed by atoms with Crippen molar-refractivity contribution in [2.75, 3.05) is 0 Å². The molecule has 0 N–H and O–H groups in total. The Labute approximate surface area is 118 Å². The smallest absolute Gasteiger partial charge is 0.236 e. The highest BCUT2D eigenvalue weighted by atomic mass is 35.5. The van der Waals surface area contributed by atoms with Crippen molar-refractivity contribution >= 4 is 11.6 Å². The van der Waals surface area contributed by atoms with Crippen LogP contribution in [0.25, 0.3) is 11.3 Å². The summed E-state index contributed by atoms with van der Waals surface area (Å²) in [5.41, 5.74) is 0.868. The molecule has 0 aliphatic carbocycles. The lowest BCUT2D eigenvalue weighted by molar-refractivity contribution is -0.137. The number of aromatic nitrogens is 1. The Hall–Kier alpha value is -2.06. The van der Waals surface area contributed by atoms with Crippen LogP contribution in [0, 0.1) is 11.3 Å². The van der Waals surface area contributed by atoms with Crippen LogP contribution in [0.2, 0.25) is 5.15 Å². The number of hydrogen-bond donors (Lipinski definition) is 0. The zero-order valence-electron chi connectivity index (χ0n) is 10.1. The lowest BCUT2D eigenvalue weighted by Crippen LogP contribution is -2.04. The highest BCUT2D eigenvalue weighted by molar-refractivity contribution is 6.30. The molecule has 1 aromatic carbocycles. The van der Waals surface area contributed by atoms with Gasteiger partial charge < -0.3 is 0 Å². The molecular formula is C14H8ClF3N2. The summed E-state index contributed by atoms with van der Waals surface area (Å²) in [6.45, 7) is 0. The highest BCUT2D eigenvalue weighted by Gasteiger charge is 2.30. The van der Waals surface area contributed by atoms with E-state index in [0.717, 1.165) is 12.1 Å². The summed E-state index contributed by atoms with van der Waals surface area (Å²) >= 11 is 5.92. The maximum absolute atomic E-state index is 12.5. The van der Waals surface area contributed by atoms with Crippen molar-refractivity contribution in [3.05, 3.63) is 52.7 Å². The second-order valence-electron chi connectivity index (χ2n) is 4.06. The third-order valence-corrected chi connectivity index (χ3v) is 3.03. The second-order valence-corrected chi connectivity index (χ2v) is 4.41. The van der Waals surface area contributed by atoms with Crippen molar-refractivity contribution in [2.24, 2.45) is 0 Å². The minimum absolute atomic E-state index is 0.138. The van der Waals surface area contributed by atoms with E-state index in [0.29, 0.717) is 16.8 Å². The number of nitriles is 1. The molecule has 0 radical (unpaired) electrons. The van der Waals surface area contributed by atoms with E-state index in [9.17, 15) is 13.2 Å². The summed E-state index contributed by atoms with van der Waals surface area (Å²) in [5.74, 6) is 0. The lowest BCUT2D eigenvalue weighted by atomic mass is 10.1. The maximum atomic E-state index is 12.5. The van der Waals surface area contributed by atoms with Gasteiger partial charge in [0.2, 0.25) is 0 Å². The third kappa shape index (κ3) is 3.09. The predicted octanol–water partition coefficient (Wildman–Crippen LogP) is 4.49. The van der Waals surface area contributed by atoms with Gasteiger partial charge in [0.25, 0.3) is 0 Å². The second kappa shape index (κ2) is 5.51. The average molecular weight is 297 g/mol. The largest absolute Gasteiger partial charge is 0.416 e. The van der Waals surface area contributed by atoms with Crippen molar-refractivity contribution < 1.29 is 13.2 Å². The monoisotopic (exact) mass is 296 g/mol. The van der Waals surface area contributed by atoms with Gasteiger partial charge in [-0.3, -0.25) is 0 Å². The van der Waals surface area contributed by atoms with Crippen LogP contribution in [0.15, 0.2) is 36.4 Å². The summed E-state index contributed by atoms with van der Waals surface area (Å²) in [5, 5.41) is 8.78. The molecule has 0 aliphatic rings. The molecule has 0 saturated carbocycles. The minimum atomic E-state index is -4.36. The van der Waals surface area contributed by atoms with Crippen molar-refractivity contribution in [1.82, 2.24) is 4.98 Å².